The molecule has 0 bridgehead atoms. The number of hydrogen-bond donors (Lipinski definition) is 5. The van der Waals surface area contributed by atoms with Crippen molar-refractivity contribution in [1.82, 2.24) is 30.6 Å². The van der Waals surface area contributed by atoms with Crippen LogP contribution in [0.5, 0.6) is 11.5 Å². The molecule has 0 saturated carbocycles. The summed E-state index contributed by atoms with van der Waals surface area (Å²) < 4.78 is 175. The van der Waals surface area contributed by atoms with E-state index in [1.165, 1.54) is 25.2 Å². The van der Waals surface area contributed by atoms with Crippen LogP contribution in [0.25, 0.3) is 0 Å². The Morgan fingerprint density at radius 3 is 1.32 bits per heavy atom. The van der Waals surface area contributed by atoms with Gasteiger partial charge in [-0.15, -0.1) is 25.5 Å². The summed E-state index contributed by atoms with van der Waals surface area (Å²) in [7, 11) is -3.94. The minimum Gasteiger partial charge on any atom is -0.503 e. The van der Waals surface area contributed by atoms with Crippen molar-refractivity contribution in [2.24, 2.45) is 0 Å². The van der Waals surface area contributed by atoms with Crippen LogP contribution < -0.4 is 20.1 Å². The third kappa shape index (κ3) is 14.0. The van der Waals surface area contributed by atoms with Gasteiger partial charge < -0.3 is 25.2 Å². The Labute approximate surface area is 341 Å². The molecule has 0 unspecified atom stereocenters. The minimum absolute atomic E-state index is 0.103. The number of carbonyl (C=O) groups is 3. The Morgan fingerprint density at radius 1 is 0.610 bits per heavy atom. The summed E-state index contributed by atoms with van der Waals surface area (Å²) in [6.45, 7) is 3.78. The van der Waals surface area contributed by atoms with E-state index in [0.717, 1.165) is 6.92 Å². The second-order valence-electron chi connectivity index (χ2n) is 9.50. The maximum absolute atomic E-state index is 13.4. The number of aromatic amines is 1. The van der Waals surface area contributed by atoms with Gasteiger partial charge in [0.2, 0.25) is 101 Å². The van der Waals surface area contributed by atoms with Crippen LogP contribution in [-0.2, 0) is 33.6 Å². The lowest BCUT2D eigenvalue weighted by Gasteiger charge is -2.08. The van der Waals surface area contributed by atoms with E-state index in [-0.39, 0.29) is 37.8 Å². The van der Waals surface area contributed by atoms with E-state index in [0.29, 0.717) is 20.4 Å². The van der Waals surface area contributed by atoms with Crippen LogP contribution in [-0.4, -0.2) is 70.3 Å². The Balaban J connectivity index is 0.000000291. The molecule has 0 spiro atoms. The van der Waals surface area contributed by atoms with Crippen LogP contribution in [0, 0.1) is 62.1 Å². The van der Waals surface area contributed by atoms with E-state index < -0.39 is 99.1 Å². The van der Waals surface area contributed by atoms with Gasteiger partial charge in [0.1, 0.15) is 0 Å². The van der Waals surface area contributed by atoms with Gasteiger partial charge in [0.25, 0.3) is 13.4 Å². The number of aromatic nitrogens is 6. The number of hydrogen-bond acceptors (Lipinski definition) is 18. The summed E-state index contributed by atoms with van der Waals surface area (Å²) >= 11 is 6.90. The lowest BCUT2D eigenvalue weighted by atomic mass is 10.3. The van der Waals surface area contributed by atoms with Crippen LogP contribution in [0.2, 0.25) is 0 Å². The molecule has 0 aliphatic heterocycles. The molecular formula is C24H14ClF10N9O9S6. The van der Waals surface area contributed by atoms with Crippen molar-refractivity contribution in [2.75, 3.05) is 16.0 Å². The van der Waals surface area contributed by atoms with E-state index in [9.17, 15) is 75.1 Å². The van der Waals surface area contributed by atoms with Crippen molar-refractivity contribution in [3.8, 4) is 11.5 Å². The molecule has 322 valence electrons. The molecule has 0 aliphatic carbocycles. The van der Waals surface area contributed by atoms with Crippen molar-refractivity contribution in [2.45, 2.75) is 29.5 Å². The number of H-pyrrole nitrogens is 1. The molecule has 2 aromatic carbocycles. The highest BCUT2D eigenvalue weighted by Gasteiger charge is 2.33. The highest BCUT2D eigenvalue weighted by atomic mass is 35.7. The number of nitrogens with zero attached hydrogens (tertiary/aromatic N) is 5. The molecular weight excluding hydrogens is 976 g/mol. The van der Waals surface area contributed by atoms with Gasteiger partial charge in [-0.1, -0.05) is 34.0 Å². The van der Waals surface area contributed by atoms with E-state index in [1.54, 1.807) is 0 Å². The van der Waals surface area contributed by atoms with Crippen molar-refractivity contribution in [3.63, 3.8) is 0 Å². The highest BCUT2D eigenvalue weighted by molar-refractivity contribution is 8.15. The van der Waals surface area contributed by atoms with Crippen LogP contribution in [0.15, 0.2) is 8.68 Å². The number of benzene rings is 2. The van der Waals surface area contributed by atoms with Gasteiger partial charge in [0.05, 0.1) is 0 Å². The smallest absolute Gasteiger partial charge is 0.369 e. The van der Waals surface area contributed by atoms with E-state index in [1.807, 2.05) is 0 Å². The first-order valence-electron chi connectivity index (χ1n) is 13.7. The van der Waals surface area contributed by atoms with Gasteiger partial charge >= 0.3 is 10.1 Å². The van der Waals surface area contributed by atoms with Gasteiger partial charge in [0.15, 0.2) is 9.70 Å². The van der Waals surface area contributed by atoms with Crippen molar-refractivity contribution in [1.29, 1.82) is 0 Å². The fourth-order valence-corrected chi connectivity index (χ4v) is 7.21. The normalized spacial score (nSPS) is 10.8. The summed E-state index contributed by atoms with van der Waals surface area (Å²) in [4.78, 5) is 31.7. The zero-order chi connectivity index (χ0) is 45.3. The minimum atomic E-state index is -5.06. The molecule has 3 amide bonds. The summed E-state index contributed by atoms with van der Waals surface area (Å²) in [5.41, 5.74) is 0. The SMILES string of the molecule is CC(=O)Nc1n[nH]c(=S)s1.CC(=O)Nc1nnc(S(=O)(=O)Cl)s1.CC(=O)Nc1nnc(S(=O)(=O)Oc2c(F)c(F)c(F)c(F)c2F)s1.Oc1c(F)c(F)c(F)c(F)c1F. The zero-order valence-corrected chi connectivity index (χ0v) is 33.7. The number of phenolic OH excluding ortho intramolecular Hbond substituents is 1. The zero-order valence-electron chi connectivity index (χ0n) is 28.1. The Kier molecular flexibility index (Phi) is 17.5. The number of aromatic hydroxyl groups is 1. The van der Waals surface area contributed by atoms with Crippen molar-refractivity contribution in [3.05, 3.63) is 62.1 Å². The largest absolute Gasteiger partial charge is 0.503 e. The molecule has 59 heavy (non-hydrogen) atoms. The molecule has 0 saturated heterocycles. The van der Waals surface area contributed by atoms with Gasteiger partial charge in [-0.25, -0.2) is 34.8 Å². The van der Waals surface area contributed by atoms with Gasteiger partial charge in [-0.05, 0) is 12.2 Å². The first-order valence-corrected chi connectivity index (χ1v) is 20.3. The number of carbonyl (C=O) groups excluding carboxylic acids is 3. The molecule has 0 radical (unpaired) electrons. The van der Waals surface area contributed by atoms with Crippen molar-refractivity contribution >= 4 is 109 Å². The summed E-state index contributed by atoms with van der Waals surface area (Å²) in [5, 5.41) is 34.7. The summed E-state index contributed by atoms with van der Waals surface area (Å²) in [5.74, 6) is -28.2. The lowest BCUT2D eigenvalue weighted by molar-refractivity contribution is -0.115. The molecule has 0 fully saturated rings. The summed E-state index contributed by atoms with van der Waals surface area (Å²) in [6.07, 6.45) is 0. The maximum Gasteiger partial charge on any atom is 0.369 e. The quantitative estimate of drug-likeness (QED) is 0.0252. The third-order valence-corrected chi connectivity index (χ3v) is 11.2. The van der Waals surface area contributed by atoms with Gasteiger partial charge in [-0.2, -0.15) is 26.0 Å². The highest BCUT2D eigenvalue weighted by Crippen LogP contribution is 2.32. The third-order valence-electron chi connectivity index (χ3n) is 5.07. The predicted molar refractivity (Wildman–Crippen MR) is 185 cm³/mol. The predicted octanol–water partition coefficient (Wildman–Crippen LogP) is 5.63. The lowest BCUT2D eigenvalue weighted by Crippen LogP contribution is -2.14. The second-order valence-corrected chi connectivity index (χ2v) is 17.6. The number of halogens is 11. The standard InChI is InChI=1S/C10H4F5N3O4S2.C6HF5O.C4H4ClN3O3S2.C4H5N3OS2/c1-2(19)16-9-17-18-10(23-9)24(20,21)22-8-6(14)4(12)3(11)5(13)7(8)15;7-1-2(8)4(10)6(12)5(11)3(1)9;1-2(9)6-3-7-8-4(12-3)13(5,10)11;1-2(8)5-3-6-7-4(9)10-3/h1H3,(H,16,17,19);12H;1H3,(H,6,7,9);1H3,(H,7,9)(H,5,6,8). The molecule has 18 nitrogen and oxygen atoms in total. The Hall–Kier alpha value is -5.16. The van der Waals surface area contributed by atoms with Crippen LogP contribution in [0.4, 0.5) is 59.3 Å². The van der Waals surface area contributed by atoms with Gasteiger partial charge in [-0.3, -0.25) is 19.5 Å². The molecule has 3 heterocycles. The molecule has 5 rings (SSSR count). The van der Waals surface area contributed by atoms with Gasteiger partial charge in [0, 0.05) is 31.5 Å². The number of amides is 3. The van der Waals surface area contributed by atoms with E-state index in [2.05, 4.69) is 50.7 Å². The average Bonchev–Trinajstić information content (AvgIpc) is 3.91. The van der Waals surface area contributed by atoms with Crippen LogP contribution in [0.3, 0.4) is 0 Å². The molecule has 5 N–H and O–H groups in total. The molecule has 3 aromatic heterocycles. The molecule has 0 aliphatic rings. The van der Waals surface area contributed by atoms with E-state index >= 15 is 0 Å². The summed E-state index contributed by atoms with van der Waals surface area (Å²) in [6, 6.07) is 0. The Bertz CT molecular complexity index is 2550. The first-order chi connectivity index (χ1) is 27.1. The Morgan fingerprint density at radius 2 is 0.966 bits per heavy atom. The molecule has 35 heteroatoms. The molecule has 5 aromatic rings. The number of anilines is 3. The van der Waals surface area contributed by atoms with E-state index in [4.69, 9.17) is 28.0 Å². The fourth-order valence-electron chi connectivity index (χ4n) is 2.85. The van der Waals surface area contributed by atoms with Crippen LogP contribution in [0.1, 0.15) is 20.8 Å². The number of phenols is 1. The average molecular weight is 990 g/mol. The number of nitrogens with one attached hydrogen (secondary N) is 4. The number of rotatable bonds is 7. The topological polar surface area (TPSA) is 265 Å². The molecule has 0 atom stereocenters. The van der Waals surface area contributed by atoms with Crippen LogP contribution >= 0.6 is 56.9 Å². The monoisotopic (exact) mass is 989 g/mol. The first kappa shape index (κ1) is 50.0. The van der Waals surface area contributed by atoms with Crippen molar-refractivity contribution < 1.29 is 84.4 Å². The maximum atomic E-state index is 13.4. The fraction of sp³-hybridized carbons (Fsp3) is 0.125. The second kappa shape index (κ2) is 20.7.